The molecule has 8 nitrogen and oxygen atoms in total. The fraction of sp³-hybridized carbons (Fsp3) is 0.318. The van der Waals surface area contributed by atoms with Crippen molar-refractivity contribution in [3.8, 4) is 11.4 Å². The van der Waals surface area contributed by atoms with Gasteiger partial charge in [-0.05, 0) is 44.0 Å². The van der Waals surface area contributed by atoms with Crippen molar-refractivity contribution in [2.45, 2.75) is 31.2 Å². The Morgan fingerprint density at radius 1 is 1.19 bits per heavy atom. The highest BCUT2D eigenvalue weighted by atomic mass is 35.5. The SMILES string of the molecule is Cc1ccc(S(=O)(=O)N2CCC(C(=O)NCc3nc(-c4cccc(Cl)c4)no3)CC2)cc1. The van der Waals surface area contributed by atoms with Crippen molar-refractivity contribution in [3.63, 3.8) is 0 Å². The van der Waals surface area contributed by atoms with E-state index < -0.39 is 10.0 Å². The molecule has 0 atom stereocenters. The van der Waals surface area contributed by atoms with Crippen molar-refractivity contribution in [2.24, 2.45) is 5.92 Å². The van der Waals surface area contributed by atoms with E-state index in [-0.39, 0.29) is 29.2 Å². The lowest BCUT2D eigenvalue weighted by atomic mass is 9.97. The molecule has 1 aromatic heterocycles. The fourth-order valence-electron chi connectivity index (χ4n) is 3.60. The summed E-state index contributed by atoms with van der Waals surface area (Å²) < 4.78 is 32.3. The highest BCUT2D eigenvalue weighted by Gasteiger charge is 2.32. The van der Waals surface area contributed by atoms with Crippen molar-refractivity contribution < 1.29 is 17.7 Å². The number of piperidine rings is 1. The molecular weight excluding hydrogens is 452 g/mol. The first kappa shape index (κ1) is 22.4. The molecule has 0 unspecified atom stereocenters. The topological polar surface area (TPSA) is 105 Å². The molecule has 0 radical (unpaired) electrons. The first-order valence-corrected chi connectivity index (χ1v) is 12.1. The number of aryl methyl sites for hydroxylation is 1. The molecule has 1 amide bonds. The van der Waals surface area contributed by atoms with Gasteiger partial charge in [-0.25, -0.2) is 8.42 Å². The molecule has 1 aliphatic rings. The van der Waals surface area contributed by atoms with Gasteiger partial charge < -0.3 is 9.84 Å². The summed E-state index contributed by atoms with van der Waals surface area (Å²) in [6.45, 7) is 2.61. The third-order valence-corrected chi connectivity index (χ3v) is 7.60. The summed E-state index contributed by atoms with van der Waals surface area (Å²) in [5, 5.41) is 7.29. The number of hydrogen-bond donors (Lipinski definition) is 1. The van der Waals surface area contributed by atoms with Gasteiger partial charge in [-0.1, -0.05) is 46.6 Å². The number of benzene rings is 2. The lowest BCUT2D eigenvalue weighted by molar-refractivity contribution is -0.126. The predicted molar refractivity (Wildman–Crippen MR) is 119 cm³/mol. The molecule has 1 aliphatic heterocycles. The Hall–Kier alpha value is -2.75. The van der Waals surface area contributed by atoms with Gasteiger partial charge in [0.2, 0.25) is 27.6 Å². The van der Waals surface area contributed by atoms with E-state index in [4.69, 9.17) is 16.1 Å². The molecular formula is C22H23ClN4O4S. The van der Waals surface area contributed by atoms with Crippen molar-refractivity contribution in [3.05, 3.63) is 65.0 Å². The first-order valence-electron chi connectivity index (χ1n) is 10.3. The van der Waals surface area contributed by atoms with Gasteiger partial charge in [-0.15, -0.1) is 0 Å². The lowest BCUT2D eigenvalue weighted by Gasteiger charge is -2.30. The number of aromatic nitrogens is 2. The molecule has 2 heterocycles. The molecule has 32 heavy (non-hydrogen) atoms. The second-order valence-corrected chi connectivity index (χ2v) is 10.1. The Morgan fingerprint density at radius 2 is 1.91 bits per heavy atom. The van der Waals surface area contributed by atoms with Crippen LogP contribution in [0.4, 0.5) is 0 Å². The summed E-state index contributed by atoms with van der Waals surface area (Å²) in [4.78, 5) is 17.1. The maximum atomic E-state index is 12.8. The molecule has 3 aromatic rings. The van der Waals surface area contributed by atoms with Crippen LogP contribution in [-0.2, 0) is 21.4 Å². The van der Waals surface area contributed by atoms with Crippen LogP contribution in [0.2, 0.25) is 5.02 Å². The summed E-state index contributed by atoms with van der Waals surface area (Å²) in [5.74, 6) is 0.258. The Balaban J connectivity index is 1.30. The molecule has 0 aliphatic carbocycles. The number of nitrogens with zero attached hydrogens (tertiary/aromatic N) is 3. The van der Waals surface area contributed by atoms with Crippen LogP contribution in [0, 0.1) is 12.8 Å². The van der Waals surface area contributed by atoms with Crippen molar-refractivity contribution in [1.29, 1.82) is 0 Å². The van der Waals surface area contributed by atoms with E-state index in [1.54, 1.807) is 42.5 Å². The quantitative estimate of drug-likeness (QED) is 0.586. The zero-order valence-corrected chi connectivity index (χ0v) is 19.1. The van der Waals surface area contributed by atoms with Gasteiger partial charge in [0.15, 0.2) is 0 Å². The van der Waals surface area contributed by atoms with Gasteiger partial charge in [-0.3, -0.25) is 4.79 Å². The molecule has 0 saturated carbocycles. The third-order valence-electron chi connectivity index (χ3n) is 5.45. The number of nitrogens with one attached hydrogen (secondary N) is 1. The van der Waals surface area contributed by atoms with Gasteiger partial charge in [0, 0.05) is 29.6 Å². The number of sulfonamides is 1. The van der Waals surface area contributed by atoms with E-state index in [9.17, 15) is 13.2 Å². The van der Waals surface area contributed by atoms with Crippen LogP contribution in [0.5, 0.6) is 0 Å². The Morgan fingerprint density at radius 3 is 2.59 bits per heavy atom. The minimum atomic E-state index is -3.55. The molecule has 1 saturated heterocycles. The number of amides is 1. The summed E-state index contributed by atoms with van der Waals surface area (Å²) in [6.07, 6.45) is 0.906. The highest BCUT2D eigenvalue weighted by molar-refractivity contribution is 7.89. The van der Waals surface area contributed by atoms with Crippen LogP contribution in [0.1, 0.15) is 24.3 Å². The minimum absolute atomic E-state index is 0.105. The number of carbonyl (C=O) groups is 1. The monoisotopic (exact) mass is 474 g/mol. The zero-order valence-electron chi connectivity index (χ0n) is 17.5. The average Bonchev–Trinajstić information content (AvgIpc) is 3.27. The van der Waals surface area contributed by atoms with E-state index in [0.717, 1.165) is 11.1 Å². The van der Waals surface area contributed by atoms with E-state index in [1.165, 1.54) is 4.31 Å². The molecule has 168 valence electrons. The first-order chi connectivity index (χ1) is 15.3. The van der Waals surface area contributed by atoms with Gasteiger partial charge in [-0.2, -0.15) is 9.29 Å². The van der Waals surface area contributed by atoms with Crippen molar-refractivity contribution >= 4 is 27.5 Å². The van der Waals surface area contributed by atoms with E-state index in [0.29, 0.717) is 36.8 Å². The second kappa shape index (κ2) is 9.40. The summed E-state index contributed by atoms with van der Waals surface area (Å²) in [6, 6.07) is 13.9. The van der Waals surface area contributed by atoms with E-state index in [2.05, 4.69) is 15.5 Å². The van der Waals surface area contributed by atoms with E-state index in [1.807, 2.05) is 13.0 Å². The number of carbonyl (C=O) groups excluding carboxylic acids is 1. The fourth-order valence-corrected chi connectivity index (χ4v) is 5.26. The molecule has 10 heteroatoms. The van der Waals surface area contributed by atoms with Crippen molar-refractivity contribution in [2.75, 3.05) is 13.1 Å². The standard InChI is InChI=1S/C22H23ClN4O4S/c1-15-5-7-19(8-6-15)32(29,30)27-11-9-16(10-12-27)22(28)24-14-20-25-21(26-31-20)17-3-2-4-18(23)13-17/h2-8,13,16H,9-12,14H2,1H3,(H,24,28). The Kier molecular flexibility index (Phi) is 6.59. The van der Waals surface area contributed by atoms with Gasteiger partial charge in [0.1, 0.15) is 0 Å². The third kappa shape index (κ3) is 5.01. The Bertz CT molecular complexity index is 1200. The molecule has 1 fully saturated rings. The normalized spacial score (nSPS) is 15.6. The van der Waals surface area contributed by atoms with Gasteiger partial charge in [0.05, 0.1) is 11.4 Å². The van der Waals surface area contributed by atoms with Gasteiger partial charge >= 0.3 is 0 Å². The maximum absolute atomic E-state index is 12.8. The van der Waals surface area contributed by atoms with Crippen LogP contribution < -0.4 is 5.32 Å². The molecule has 0 spiro atoms. The number of halogens is 1. The summed E-state index contributed by atoms with van der Waals surface area (Å²) >= 11 is 5.99. The minimum Gasteiger partial charge on any atom is -0.347 e. The smallest absolute Gasteiger partial charge is 0.246 e. The second-order valence-electron chi connectivity index (χ2n) is 7.73. The zero-order chi connectivity index (χ0) is 22.7. The number of rotatable bonds is 6. The van der Waals surface area contributed by atoms with Crippen molar-refractivity contribution in [1.82, 2.24) is 19.8 Å². The maximum Gasteiger partial charge on any atom is 0.246 e. The summed E-state index contributed by atoms with van der Waals surface area (Å²) in [5.41, 5.74) is 1.72. The molecule has 0 bridgehead atoms. The molecule has 2 aromatic carbocycles. The van der Waals surface area contributed by atoms with Crippen LogP contribution in [0.25, 0.3) is 11.4 Å². The van der Waals surface area contributed by atoms with E-state index >= 15 is 0 Å². The lowest BCUT2D eigenvalue weighted by Crippen LogP contribution is -2.42. The summed E-state index contributed by atoms with van der Waals surface area (Å²) in [7, 11) is -3.55. The highest BCUT2D eigenvalue weighted by Crippen LogP contribution is 2.24. The van der Waals surface area contributed by atoms with Crippen LogP contribution >= 0.6 is 11.6 Å². The number of hydrogen-bond acceptors (Lipinski definition) is 6. The van der Waals surface area contributed by atoms with Gasteiger partial charge in [0.25, 0.3) is 0 Å². The van der Waals surface area contributed by atoms with Crippen LogP contribution in [-0.4, -0.2) is 41.9 Å². The molecule has 4 rings (SSSR count). The van der Waals surface area contributed by atoms with Crippen LogP contribution in [0.15, 0.2) is 57.9 Å². The largest absolute Gasteiger partial charge is 0.347 e. The van der Waals surface area contributed by atoms with Crippen LogP contribution in [0.3, 0.4) is 0 Å². The molecule has 1 N–H and O–H groups in total. The predicted octanol–water partition coefficient (Wildman–Crippen LogP) is 3.42. The average molecular weight is 475 g/mol. The Labute approximate surface area is 191 Å².